The summed E-state index contributed by atoms with van der Waals surface area (Å²) in [5.41, 5.74) is 3.38. The van der Waals surface area contributed by atoms with Gasteiger partial charge in [-0.05, 0) is 37.8 Å². The summed E-state index contributed by atoms with van der Waals surface area (Å²) in [4.78, 5) is 7.48. The molecule has 0 radical (unpaired) electrons. The molecule has 2 atom stereocenters. The molecular weight excluding hydrogens is 388 g/mol. The molecule has 2 fully saturated rings. The van der Waals surface area contributed by atoms with Crippen LogP contribution in [0.2, 0.25) is 0 Å². The van der Waals surface area contributed by atoms with Crippen molar-refractivity contribution in [2.45, 2.75) is 18.7 Å². The van der Waals surface area contributed by atoms with Crippen molar-refractivity contribution >= 4 is 27.0 Å². The van der Waals surface area contributed by atoms with Crippen molar-refractivity contribution in [2.24, 2.45) is 25.9 Å². The third-order valence-electron chi connectivity index (χ3n) is 6.54. The van der Waals surface area contributed by atoms with E-state index in [1.165, 1.54) is 0 Å². The van der Waals surface area contributed by atoms with Gasteiger partial charge in [0, 0.05) is 40.3 Å². The van der Waals surface area contributed by atoms with E-state index in [-0.39, 0.29) is 0 Å². The number of sulfonamides is 1. The number of imidazole rings is 1. The average molecular weight is 415 g/mol. The number of hydrogen-bond donors (Lipinski definition) is 0. The Kier molecular flexibility index (Phi) is 4.05. The van der Waals surface area contributed by atoms with Crippen LogP contribution in [0.1, 0.15) is 11.4 Å². The third kappa shape index (κ3) is 2.71. The number of hydrogen-bond acceptors (Lipinski definition) is 5. The minimum atomic E-state index is -3.52. The van der Waals surface area contributed by atoms with Crippen molar-refractivity contribution in [1.82, 2.24) is 23.6 Å². The second-order valence-corrected chi connectivity index (χ2v) is 10.2. The summed E-state index contributed by atoms with van der Waals surface area (Å²) in [5.74, 6) is 1.61. The summed E-state index contributed by atoms with van der Waals surface area (Å²) < 4.78 is 32.0. The van der Waals surface area contributed by atoms with Gasteiger partial charge in [0.05, 0.1) is 22.4 Å². The molecule has 29 heavy (non-hydrogen) atoms. The highest BCUT2D eigenvalue weighted by Crippen LogP contribution is 2.37. The zero-order chi connectivity index (χ0) is 20.5. The van der Waals surface area contributed by atoms with Gasteiger partial charge in [0.1, 0.15) is 4.90 Å². The van der Waals surface area contributed by atoms with E-state index >= 15 is 0 Å². The van der Waals surface area contributed by atoms with Crippen molar-refractivity contribution in [3.63, 3.8) is 0 Å². The lowest BCUT2D eigenvalue weighted by atomic mass is 10.0. The summed E-state index contributed by atoms with van der Waals surface area (Å²) >= 11 is 0. The van der Waals surface area contributed by atoms with Crippen molar-refractivity contribution in [2.75, 3.05) is 31.1 Å². The number of aromatic nitrogens is 4. The molecule has 0 saturated carbocycles. The highest BCUT2D eigenvalue weighted by atomic mass is 32.2. The first-order valence-electron chi connectivity index (χ1n) is 9.94. The van der Waals surface area contributed by atoms with Gasteiger partial charge in [0.25, 0.3) is 0 Å². The highest BCUT2D eigenvalue weighted by Gasteiger charge is 2.46. The summed E-state index contributed by atoms with van der Waals surface area (Å²) in [5, 5.41) is 4.29. The number of para-hydroxylation sites is 2. The van der Waals surface area contributed by atoms with Crippen molar-refractivity contribution < 1.29 is 8.42 Å². The van der Waals surface area contributed by atoms with Crippen LogP contribution in [-0.2, 0) is 24.1 Å². The Morgan fingerprint density at radius 1 is 1.00 bits per heavy atom. The Hall–Kier alpha value is -2.39. The SMILES string of the molecule is Cc1nn(C)c(C)c1S(=O)(=O)N1CC2CN(c3nc4ccccc4n3C)CC2C1. The average Bonchev–Trinajstić information content (AvgIpc) is 3.38. The molecule has 9 heteroatoms. The molecule has 5 rings (SSSR count). The molecule has 3 aromatic rings. The summed E-state index contributed by atoms with van der Waals surface area (Å²) in [6.07, 6.45) is 0. The Labute approximate surface area is 170 Å². The predicted octanol–water partition coefficient (Wildman–Crippen LogP) is 1.68. The number of fused-ring (bicyclic) bond motifs is 2. The quantitative estimate of drug-likeness (QED) is 0.652. The van der Waals surface area contributed by atoms with Crippen molar-refractivity contribution in [3.8, 4) is 0 Å². The maximum atomic E-state index is 13.3. The van der Waals surface area contributed by atoms with E-state index in [4.69, 9.17) is 4.98 Å². The lowest BCUT2D eigenvalue weighted by Crippen LogP contribution is -2.34. The zero-order valence-electron chi connectivity index (χ0n) is 17.2. The molecule has 2 aliphatic heterocycles. The zero-order valence-corrected chi connectivity index (χ0v) is 18.0. The first-order chi connectivity index (χ1) is 13.8. The molecule has 2 unspecified atom stereocenters. The molecule has 2 aliphatic rings. The summed E-state index contributed by atoms with van der Waals surface area (Å²) in [6, 6.07) is 8.14. The second-order valence-electron chi connectivity index (χ2n) is 8.33. The van der Waals surface area contributed by atoms with Crippen molar-refractivity contribution in [1.29, 1.82) is 0 Å². The number of rotatable bonds is 3. The van der Waals surface area contributed by atoms with Crippen LogP contribution in [0.3, 0.4) is 0 Å². The first kappa shape index (κ1) is 18.6. The lowest BCUT2D eigenvalue weighted by Gasteiger charge is -2.22. The summed E-state index contributed by atoms with van der Waals surface area (Å²) in [7, 11) is 0.310. The topological polar surface area (TPSA) is 76.3 Å². The molecule has 0 bridgehead atoms. The van der Waals surface area contributed by atoms with Crippen LogP contribution in [0.25, 0.3) is 11.0 Å². The van der Waals surface area contributed by atoms with Gasteiger partial charge < -0.3 is 9.47 Å². The van der Waals surface area contributed by atoms with E-state index in [1.807, 2.05) is 32.2 Å². The molecule has 154 valence electrons. The van der Waals surface area contributed by atoms with Gasteiger partial charge in [0.2, 0.25) is 16.0 Å². The predicted molar refractivity (Wildman–Crippen MR) is 111 cm³/mol. The molecule has 4 heterocycles. The largest absolute Gasteiger partial charge is 0.342 e. The molecule has 1 aromatic carbocycles. The Morgan fingerprint density at radius 3 is 2.24 bits per heavy atom. The molecule has 2 saturated heterocycles. The van der Waals surface area contributed by atoms with Crippen LogP contribution in [0.4, 0.5) is 5.95 Å². The van der Waals surface area contributed by atoms with E-state index in [0.717, 1.165) is 30.1 Å². The van der Waals surface area contributed by atoms with Crippen LogP contribution in [0.5, 0.6) is 0 Å². The molecule has 2 aromatic heterocycles. The van der Waals surface area contributed by atoms with Crippen LogP contribution < -0.4 is 4.90 Å². The van der Waals surface area contributed by atoms with Gasteiger partial charge in [-0.1, -0.05) is 12.1 Å². The highest BCUT2D eigenvalue weighted by molar-refractivity contribution is 7.89. The van der Waals surface area contributed by atoms with Gasteiger partial charge >= 0.3 is 0 Å². The molecule has 0 amide bonds. The second kappa shape index (κ2) is 6.30. The van der Waals surface area contributed by atoms with E-state index in [1.54, 1.807) is 23.0 Å². The van der Waals surface area contributed by atoms with Crippen LogP contribution in [0.15, 0.2) is 29.2 Å². The fourth-order valence-corrected chi connectivity index (χ4v) is 6.94. The van der Waals surface area contributed by atoms with Gasteiger partial charge in [-0.15, -0.1) is 0 Å². The Bertz CT molecular complexity index is 1200. The number of aryl methyl sites for hydroxylation is 3. The van der Waals surface area contributed by atoms with Gasteiger partial charge in [-0.25, -0.2) is 13.4 Å². The third-order valence-corrected chi connectivity index (χ3v) is 8.62. The fraction of sp³-hybridized carbons (Fsp3) is 0.500. The van der Waals surface area contributed by atoms with E-state index in [9.17, 15) is 8.42 Å². The van der Waals surface area contributed by atoms with Crippen LogP contribution in [-0.4, -0.2) is 58.2 Å². The lowest BCUT2D eigenvalue weighted by molar-refractivity contribution is 0.451. The standard InChI is InChI=1S/C20H26N6O2S/c1-13-19(14(2)24(4)22-13)29(27,28)26-11-15-9-25(10-16(15)12-26)20-21-17-7-5-6-8-18(17)23(20)3/h5-8,15-16H,9-12H2,1-4H3. The van der Waals surface area contributed by atoms with Gasteiger partial charge in [-0.3, -0.25) is 4.68 Å². The normalized spacial score (nSPS) is 22.7. The number of benzene rings is 1. The fourth-order valence-electron chi connectivity index (χ4n) is 4.98. The van der Waals surface area contributed by atoms with E-state index < -0.39 is 10.0 Å². The number of nitrogens with zero attached hydrogens (tertiary/aromatic N) is 6. The molecule has 0 spiro atoms. The maximum Gasteiger partial charge on any atom is 0.246 e. The van der Waals surface area contributed by atoms with Gasteiger partial charge in [-0.2, -0.15) is 9.40 Å². The van der Waals surface area contributed by atoms with Gasteiger partial charge in [0.15, 0.2) is 0 Å². The Balaban J connectivity index is 1.37. The van der Waals surface area contributed by atoms with Crippen molar-refractivity contribution in [3.05, 3.63) is 35.7 Å². The minimum Gasteiger partial charge on any atom is -0.342 e. The molecule has 0 aliphatic carbocycles. The van der Waals surface area contributed by atoms with E-state index in [0.29, 0.717) is 41.2 Å². The minimum absolute atomic E-state index is 0.321. The monoisotopic (exact) mass is 414 g/mol. The first-order valence-corrected chi connectivity index (χ1v) is 11.4. The molecule has 0 N–H and O–H groups in total. The maximum absolute atomic E-state index is 13.3. The molecular formula is C20H26N6O2S. The van der Waals surface area contributed by atoms with Crippen LogP contribution >= 0.6 is 0 Å². The number of anilines is 1. The van der Waals surface area contributed by atoms with Crippen LogP contribution in [0, 0.1) is 25.7 Å². The Morgan fingerprint density at radius 2 is 1.66 bits per heavy atom. The smallest absolute Gasteiger partial charge is 0.246 e. The molecule has 8 nitrogen and oxygen atoms in total. The van der Waals surface area contributed by atoms with E-state index in [2.05, 4.69) is 20.6 Å². The summed E-state index contributed by atoms with van der Waals surface area (Å²) in [6.45, 7) is 6.36.